The van der Waals surface area contributed by atoms with E-state index < -0.39 is 24.3 Å². The molecule has 0 spiro atoms. The molecule has 2 rings (SSSR count). The summed E-state index contributed by atoms with van der Waals surface area (Å²) >= 11 is 2.61. The Bertz CT molecular complexity index is 824. The number of hydrogen-bond acceptors (Lipinski definition) is 7. The Balaban J connectivity index is 1.83. The second kappa shape index (κ2) is 8.79. The number of nitriles is 1. The molecule has 0 saturated heterocycles. The van der Waals surface area contributed by atoms with E-state index in [0.29, 0.717) is 5.01 Å². The zero-order chi connectivity index (χ0) is 18.4. The van der Waals surface area contributed by atoms with Crippen LogP contribution in [-0.2, 0) is 14.3 Å². The van der Waals surface area contributed by atoms with Gasteiger partial charge in [-0.15, -0.1) is 23.1 Å². The molecule has 5 nitrogen and oxygen atoms in total. The third-order valence-electron chi connectivity index (χ3n) is 3.55. The van der Waals surface area contributed by atoms with Crippen LogP contribution in [0.3, 0.4) is 0 Å². The SMILES string of the molecule is Cc1csc([C@@H](C#N)C(=O)COC(=O)CSc2ccc(C)c(C)c2)n1. The summed E-state index contributed by atoms with van der Waals surface area (Å²) in [5.41, 5.74) is 3.11. The molecular weight excluding hydrogens is 356 g/mol. The predicted molar refractivity (Wildman–Crippen MR) is 97.8 cm³/mol. The first-order valence-electron chi connectivity index (χ1n) is 7.60. The minimum atomic E-state index is -0.987. The van der Waals surface area contributed by atoms with Crippen molar-refractivity contribution in [1.82, 2.24) is 4.98 Å². The lowest BCUT2D eigenvalue weighted by Gasteiger charge is -2.07. The number of ether oxygens (including phenoxy) is 1. The van der Waals surface area contributed by atoms with Gasteiger partial charge in [0.05, 0.1) is 11.8 Å². The zero-order valence-electron chi connectivity index (χ0n) is 14.2. The Morgan fingerprint density at radius 1 is 1.32 bits per heavy atom. The molecule has 1 atom stereocenters. The number of thiazole rings is 1. The normalized spacial score (nSPS) is 11.6. The number of aryl methyl sites for hydroxylation is 3. The highest BCUT2D eigenvalue weighted by Crippen LogP contribution is 2.22. The maximum atomic E-state index is 12.1. The van der Waals surface area contributed by atoms with E-state index >= 15 is 0 Å². The molecule has 1 aromatic carbocycles. The van der Waals surface area contributed by atoms with Gasteiger partial charge in [-0.05, 0) is 44.0 Å². The number of aromatic nitrogens is 1. The standard InChI is InChI=1S/C18H18N2O3S2/c1-11-4-5-14(6-12(11)2)24-10-17(22)23-8-16(21)15(7-19)18-20-13(3)9-25-18/h4-6,9,15H,8,10H2,1-3H3/t15-/m0/s1. The van der Waals surface area contributed by atoms with Gasteiger partial charge in [-0.2, -0.15) is 5.26 Å². The van der Waals surface area contributed by atoms with E-state index in [2.05, 4.69) is 4.98 Å². The smallest absolute Gasteiger partial charge is 0.316 e. The first kappa shape index (κ1) is 19.2. The molecule has 130 valence electrons. The zero-order valence-corrected chi connectivity index (χ0v) is 15.9. The highest BCUT2D eigenvalue weighted by Gasteiger charge is 2.24. The summed E-state index contributed by atoms with van der Waals surface area (Å²) in [6.07, 6.45) is 0. The number of Topliss-reactive ketones (excluding diaryl/α,β-unsaturated/α-hetero) is 1. The Labute approximate surface area is 155 Å². The number of rotatable bonds is 7. The molecule has 0 aliphatic heterocycles. The van der Waals surface area contributed by atoms with Crippen LogP contribution in [0.5, 0.6) is 0 Å². The Hall–Kier alpha value is -2.17. The molecule has 1 heterocycles. The summed E-state index contributed by atoms with van der Waals surface area (Å²) < 4.78 is 5.01. The van der Waals surface area contributed by atoms with Crippen LogP contribution < -0.4 is 0 Å². The van der Waals surface area contributed by atoms with Crippen LogP contribution >= 0.6 is 23.1 Å². The number of ketones is 1. The lowest BCUT2D eigenvalue weighted by molar-refractivity contribution is -0.145. The van der Waals surface area contributed by atoms with Crippen molar-refractivity contribution in [2.45, 2.75) is 31.6 Å². The highest BCUT2D eigenvalue weighted by molar-refractivity contribution is 8.00. The Morgan fingerprint density at radius 2 is 2.08 bits per heavy atom. The topological polar surface area (TPSA) is 80.0 Å². The van der Waals surface area contributed by atoms with Crippen LogP contribution in [-0.4, -0.2) is 29.1 Å². The van der Waals surface area contributed by atoms with Crippen LogP contribution in [0.25, 0.3) is 0 Å². The molecule has 0 aliphatic carbocycles. The molecule has 0 amide bonds. The average Bonchev–Trinajstić information content (AvgIpc) is 3.00. The molecule has 0 N–H and O–H groups in total. The number of esters is 1. The van der Waals surface area contributed by atoms with E-state index in [1.807, 2.05) is 38.1 Å². The molecule has 2 aromatic rings. The summed E-state index contributed by atoms with van der Waals surface area (Å²) in [6.45, 7) is 5.42. The average molecular weight is 374 g/mol. The summed E-state index contributed by atoms with van der Waals surface area (Å²) in [5.74, 6) is -1.81. The van der Waals surface area contributed by atoms with Crippen LogP contribution in [0.4, 0.5) is 0 Å². The minimum absolute atomic E-state index is 0.114. The quantitative estimate of drug-likeness (QED) is 0.544. The van der Waals surface area contributed by atoms with Gasteiger partial charge in [-0.1, -0.05) is 6.07 Å². The van der Waals surface area contributed by atoms with Crippen LogP contribution in [0.1, 0.15) is 27.7 Å². The fraction of sp³-hybridized carbons (Fsp3) is 0.333. The van der Waals surface area contributed by atoms with Gasteiger partial charge in [0.15, 0.2) is 18.3 Å². The second-order valence-electron chi connectivity index (χ2n) is 5.55. The third kappa shape index (κ3) is 5.41. The van der Waals surface area contributed by atoms with E-state index in [9.17, 15) is 14.9 Å². The molecule has 0 saturated carbocycles. The van der Waals surface area contributed by atoms with Gasteiger partial charge in [0.2, 0.25) is 0 Å². The van der Waals surface area contributed by atoms with Crippen molar-refractivity contribution in [2.24, 2.45) is 0 Å². The highest BCUT2D eigenvalue weighted by atomic mass is 32.2. The van der Waals surface area contributed by atoms with Crippen LogP contribution in [0.2, 0.25) is 0 Å². The molecule has 0 aliphatic rings. The molecule has 1 aromatic heterocycles. The molecular formula is C18H18N2O3S2. The molecule has 0 bridgehead atoms. The van der Waals surface area contributed by atoms with Gasteiger partial charge in [0.25, 0.3) is 0 Å². The molecule has 0 fully saturated rings. The largest absolute Gasteiger partial charge is 0.457 e. The van der Waals surface area contributed by atoms with Gasteiger partial charge in [0, 0.05) is 16.0 Å². The minimum Gasteiger partial charge on any atom is -0.457 e. The molecule has 7 heteroatoms. The second-order valence-corrected chi connectivity index (χ2v) is 7.49. The van der Waals surface area contributed by atoms with Gasteiger partial charge in [-0.3, -0.25) is 9.59 Å². The van der Waals surface area contributed by atoms with E-state index in [1.165, 1.54) is 28.7 Å². The number of benzene rings is 1. The van der Waals surface area contributed by atoms with Gasteiger partial charge in [-0.25, -0.2) is 4.98 Å². The number of hydrogen-bond donors (Lipinski definition) is 0. The van der Waals surface area contributed by atoms with Crippen molar-refractivity contribution in [2.75, 3.05) is 12.4 Å². The number of thioether (sulfide) groups is 1. The molecule has 0 unspecified atom stereocenters. The van der Waals surface area contributed by atoms with Crippen molar-refractivity contribution < 1.29 is 14.3 Å². The fourth-order valence-corrected chi connectivity index (χ4v) is 3.65. The summed E-state index contributed by atoms with van der Waals surface area (Å²) in [6, 6.07) is 7.88. The van der Waals surface area contributed by atoms with Crippen molar-refractivity contribution in [3.8, 4) is 6.07 Å². The van der Waals surface area contributed by atoms with Crippen molar-refractivity contribution in [3.63, 3.8) is 0 Å². The van der Waals surface area contributed by atoms with Crippen molar-refractivity contribution in [3.05, 3.63) is 45.4 Å². The fourth-order valence-electron chi connectivity index (χ4n) is 1.99. The number of nitrogens with zero attached hydrogens (tertiary/aromatic N) is 2. The van der Waals surface area contributed by atoms with Crippen LogP contribution in [0.15, 0.2) is 28.5 Å². The number of carbonyl (C=O) groups is 2. The van der Waals surface area contributed by atoms with E-state index in [4.69, 9.17) is 4.74 Å². The monoisotopic (exact) mass is 374 g/mol. The Morgan fingerprint density at radius 3 is 2.68 bits per heavy atom. The summed E-state index contributed by atoms with van der Waals surface area (Å²) in [7, 11) is 0. The first-order valence-corrected chi connectivity index (χ1v) is 9.47. The Kier molecular flexibility index (Phi) is 6.73. The van der Waals surface area contributed by atoms with Crippen LogP contribution in [0, 0.1) is 32.1 Å². The van der Waals surface area contributed by atoms with E-state index in [1.54, 1.807) is 12.3 Å². The van der Waals surface area contributed by atoms with E-state index in [0.717, 1.165) is 16.2 Å². The lowest BCUT2D eigenvalue weighted by atomic mass is 10.1. The predicted octanol–water partition coefficient (Wildman–Crippen LogP) is 3.58. The summed E-state index contributed by atoms with van der Waals surface area (Å²) in [5, 5.41) is 11.4. The van der Waals surface area contributed by atoms with Gasteiger partial charge < -0.3 is 4.74 Å². The third-order valence-corrected chi connectivity index (χ3v) is 5.54. The molecule has 0 radical (unpaired) electrons. The van der Waals surface area contributed by atoms with Gasteiger partial charge in [0.1, 0.15) is 5.01 Å². The maximum absolute atomic E-state index is 12.1. The number of carbonyl (C=O) groups excluding carboxylic acids is 2. The summed E-state index contributed by atoms with van der Waals surface area (Å²) in [4.78, 5) is 29.1. The van der Waals surface area contributed by atoms with Gasteiger partial charge >= 0.3 is 5.97 Å². The van der Waals surface area contributed by atoms with Crippen molar-refractivity contribution >= 4 is 34.9 Å². The van der Waals surface area contributed by atoms with E-state index in [-0.39, 0.29) is 5.75 Å². The lowest BCUT2D eigenvalue weighted by Crippen LogP contribution is -2.20. The van der Waals surface area contributed by atoms with Crippen molar-refractivity contribution in [1.29, 1.82) is 5.26 Å². The first-order chi connectivity index (χ1) is 11.9. The maximum Gasteiger partial charge on any atom is 0.316 e. The molecule has 25 heavy (non-hydrogen) atoms.